The fourth-order valence-electron chi connectivity index (χ4n) is 3.03. The summed E-state index contributed by atoms with van der Waals surface area (Å²) in [6.07, 6.45) is 0.108. The van der Waals surface area contributed by atoms with Crippen LogP contribution in [0.1, 0.15) is 27.8 Å². The molecular formula is C19H16FN3O4S. The summed E-state index contributed by atoms with van der Waals surface area (Å²) in [6.45, 7) is 0.190. The standard InChI is InChI=1S/C19H16FN3O4S/c20-14-6-3-12(4-7-14)11-21-18(24)13-5-8-17-15(10-13)22-19(25)16-2-1-9-23(16)28(17,26)27/h1-10,19,22,25H,11H2,(H,21,24). The minimum Gasteiger partial charge on any atom is -0.368 e. The van der Waals surface area contributed by atoms with E-state index in [4.69, 9.17) is 0 Å². The number of aromatic nitrogens is 1. The fraction of sp³-hybridized carbons (Fsp3) is 0.105. The number of fused-ring (bicyclic) bond motifs is 2. The summed E-state index contributed by atoms with van der Waals surface area (Å²) in [5.41, 5.74) is 1.26. The van der Waals surface area contributed by atoms with E-state index in [-0.39, 0.29) is 34.2 Å². The Morgan fingerprint density at radius 3 is 2.68 bits per heavy atom. The van der Waals surface area contributed by atoms with Crippen LogP contribution >= 0.6 is 0 Å². The highest BCUT2D eigenvalue weighted by atomic mass is 32.2. The molecule has 9 heteroatoms. The summed E-state index contributed by atoms with van der Waals surface area (Å²) >= 11 is 0. The fourth-order valence-corrected chi connectivity index (χ4v) is 4.55. The lowest BCUT2D eigenvalue weighted by molar-refractivity contribution is 0.0950. The van der Waals surface area contributed by atoms with Gasteiger partial charge in [-0.3, -0.25) is 4.79 Å². The Hall–Kier alpha value is -3.17. The molecule has 1 unspecified atom stereocenters. The predicted molar refractivity (Wildman–Crippen MR) is 99.6 cm³/mol. The number of carbonyl (C=O) groups is 1. The number of halogens is 1. The van der Waals surface area contributed by atoms with Gasteiger partial charge in [-0.25, -0.2) is 16.8 Å². The minimum atomic E-state index is -3.90. The summed E-state index contributed by atoms with van der Waals surface area (Å²) < 4.78 is 39.6. The van der Waals surface area contributed by atoms with E-state index >= 15 is 0 Å². The Balaban J connectivity index is 1.61. The number of nitrogens with zero attached hydrogens (tertiary/aromatic N) is 1. The van der Waals surface area contributed by atoms with E-state index in [0.717, 1.165) is 9.54 Å². The second kappa shape index (κ2) is 6.77. The summed E-state index contributed by atoms with van der Waals surface area (Å²) in [7, 11) is -3.90. The van der Waals surface area contributed by atoms with Crippen molar-refractivity contribution in [2.75, 3.05) is 5.32 Å². The van der Waals surface area contributed by atoms with Crippen molar-refractivity contribution in [1.82, 2.24) is 9.29 Å². The molecule has 1 aliphatic heterocycles. The Morgan fingerprint density at radius 1 is 1.18 bits per heavy atom. The molecule has 1 atom stereocenters. The molecule has 3 N–H and O–H groups in total. The van der Waals surface area contributed by atoms with Crippen LogP contribution in [-0.2, 0) is 16.6 Å². The number of nitrogens with one attached hydrogen (secondary N) is 2. The van der Waals surface area contributed by atoms with Crippen LogP contribution in [0, 0.1) is 5.82 Å². The van der Waals surface area contributed by atoms with Crippen molar-refractivity contribution >= 4 is 21.6 Å². The summed E-state index contributed by atoms with van der Waals surface area (Å²) in [6, 6.07) is 12.9. The first-order valence-corrected chi connectivity index (χ1v) is 9.84. The normalized spacial score (nSPS) is 17.0. The topological polar surface area (TPSA) is 100 Å². The van der Waals surface area contributed by atoms with Crippen LogP contribution in [-0.4, -0.2) is 23.4 Å². The lowest BCUT2D eigenvalue weighted by atomic mass is 10.1. The Morgan fingerprint density at radius 2 is 1.93 bits per heavy atom. The number of hydrogen-bond acceptors (Lipinski definition) is 5. The van der Waals surface area contributed by atoms with Crippen LogP contribution in [0.5, 0.6) is 0 Å². The lowest BCUT2D eigenvalue weighted by Crippen LogP contribution is -2.23. The molecule has 0 saturated heterocycles. The molecule has 0 aliphatic carbocycles. The van der Waals surface area contributed by atoms with Gasteiger partial charge < -0.3 is 15.7 Å². The molecule has 144 valence electrons. The van der Waals surface area contributed by atoms with Crippen LogP contribution in [0.3, 0.4) is 0 Å². The Labute approximate surface area is 160 Å². The zero-order chi connectivity index (χ0) is 19.9. The Kier molecular flexibility index (Phi) is 4.40. The number of amides is 1. The second-order valence-electron chi connectivity index (χ2n) is 6.30. The third-order valence-corrected chi connectivity index (χ3v) is 6.22. The average molecular weight is 401 g/mol. The van der Waals surface area contributed by atoms with Gasteiger partial charge in [-0.15, -0.1) is 0 Å². The van der Waals surface area contributed by atoms with Crippen LogP contribution < -0.4 is 10.6 Å². The number of aliphatic hydroxyl groups excluding tert-OH is 1. The molecule has 1 aromatic heterocycles. The molecule has 0 fully saturated rings. The van der Waals surface area contributed by atoms with Gasteiger partial charge in [0.2, 0.25) is 0 Å². The van der Waals surface area contributed by atoms with E-state index in [1.165, 1.54) is 48.7 Å². The van der Waals surface area contributed by atoms with E-state index in [0.29, 0.717) is 0 Å². The van der Waals surface area contributed by atoms with Gasteiger partial charge in [-0.1, -0.05) is 12.1 Å². The van der Waals surface area contributed by atoms with Gasteiger partial charge in [-0.2, -0.15) is 0 Å². The highest BCUT2D eigenvalue weighted by molar-refractivity contribution is 7.90. The quantitative estimate of drug-likeness (QED) is 0.625. The molecule has 28 heavy (non-hydrogen) atoms. The molecule has 2 aromatic carbocycles. The molecule has 2 heterocycles. The van der Waals surface area contributed by atoms with Gasteiger partial charge in [0.05, 0.1) is 11.4 Å². The molecule has 0 bridgehead atoms. The SMILES string of the molecule is O=C(NCc1ccc(F)cc1)c1ccc2c(c1)NC(O)c1cccn1S2(=O)=O. The number of rotatable bonds is 3. The smallest absolute Gasteiger partial charge is 0.270 e. The van der Waals surface area contributed by atoms with Crippen LogP contribution in [0.2, 0.25) is 0 Å². The second-order valence-corrected chi connectivity index (χ2v) is 8.08. The van der Waals surface area contributed by atoms with Crippen molar-refractivity contribution in [3.05, 3.63) is 83.4 Å². The van der Waals surface area contributed by atoms with E-state index in [1.807, 2.05) is 0 Å². The maximum Gasteiger partial charge on any atom is 0.270 e. The first kappa shape index (κ1) is 18.2. The van der Waals surface area contributed by atoms with Crippen molar-refractivity contribution in [2.45, 2.75) is 17.7 Å². The van der Waals surface area contributed by atoms with Crippen LogP contribution in [0.15, 0.2) is 65.7 Å². The maximum atomic E-state index is 12.9. The number of hydrogen-bond donors (Lipinski definition) is 3. The van der Waals surface area contributed by atoms with E-state index < -0.39 is 22.2 Å². The van der Waals surface area contributed by atoms with E-state index in [9.17, 15) is 22.7 Å². The van der Waals surface area contributed by atoms with Crippen LogP contribution in [0.4, 0.5) is 10.1 Å². The zero-order valence-electron chi connectivity index (χ0n) is 14.5. The van der Waals surface area contributed by atoms with Crippen molar-refractivity contribution in [1.29, 1.82) is 0 Å². The minimum absolute atomic E-state index is 0.0448. The average Bonchev–Trinajstić information content (AvgIpc) is 3.15. The van der Waals surface area contributed by atoms with Crippen molar-refractivity contribution in [2.24, 2.45) is 0 Å². The van der Waals surface area contributed by atoms with Gasteiger partial charge in [0.1, 0.15) is 10.7 Å². The summed E-state index contributed by atoms with van der Waals surface area (Å²) in [5.74, 6) is -0.790. The molecule has 3 aromatic rings. The molecule has 1 aliphatic rings. The molecule has 4 rings (SSSR count). The van der Waals surface area contributed by atoms with Crippen molar-refractivity contribution in [3.8, 4) is 0 Å². The third-order valence-electron chi connectivity index (χ3n) is 4.46. The van der Waals surface area contributed by atoms with Crippen molar-refractivity contribution < 1.29 is 22.7 Å². The molecular weight excluding hydrogens is 385 g/mol. The van der Waals surface area contributed by atoms with Gasteiger partial charge in [-0.05, 0) is 48.0 Å². The van der Waals surface area contributed by atoms with E-state index in [1.54, 1.807) is 12.1 Å². The molecule has 7 nitrogen and oxygen atoms in total. The molecule has 0 saturated carbocycles. The number of carbonyl (C=O) groups excluding carboxylic acids is 1. The Bertz CT molecular complexity index is 1160. The third kappa shape index (κ3) is 3.14. The highest BCUT2D eigenvalue weighted by Crippen LogP contribution is 2.33. The predicted octanol–water partition coefficient (Wildman–Crippen LogP) is 2.21. The highest BCUT2D eigenvalue weighted by Gasteiger charge is 2.30. The first-order chi connectivity index (χ1) is 13.4. The van der Waals surface area contributed by atoms with Crippen molar-refractivity contribution in [3.63, 3.8) is 0 Å². The number of anilines is 1. The van der Waals surface area contributed by atoms with E-state index in [2.05, 4.69) is 10.6 Å². The van der Waals surface area contributed by atoms with Gasteiger partial charge in [0.25, 0.3) is 15.9 Å². The van der Waals surface area contributed by atoms with Gasteiger partial charge >= 0.3 is 0 Å². The summed E-state index contributed by atoms with van der Waals surface area (Å²) in [4.78, 5) is 12.4. The first-order valence-electron chi connectivity index (χ1n) is 8.40. The van der Waals surface area contributed by atoms with Gasteiger partial charge in [0.15, 0.2) is 6.23 Å². The largest absolute Gasteiger partial charge is 0.368 e. The van der Waals surface area contributed by atoms with Gasteiger partial charge in [0, 0.05) is 18.3 Å². The molecule has 0 radical (unpaired) electrons. The number of aliphatic hydroxyl groups is 1. The monoisotopic (exact) mass is 401 g/mol. The zero-order valence-corrected chi connectivity index (χ0v) is 15.3. The molecule has 0 spiro atoms. The lowest BCUT2D eigenvalue weighted by Gasteiger charge is -2.13. The number of benzene rings is 2. The van der Waals surface area contributed by atoms with Crippen LogP contribution in [0.25, 0.3) is 0 Å². The summed E-state index contributed by atoms with van der Waals surface area (Å²) in [5, 5.41) is 15.7. The maximum absolute atomic E-state index is 12.9. The molecule has 1 amide bonds.